The van der Waals surface area contributed by atoms with E-state index in [1.165, 1.54) is 14.2 Å². The molecule has 186 valence electrons. The van der Waals surface area contributed by atoms with Crippen LogP contribution in [0, 0.1) is 0 Å². The molecule has 0 aliphatic carbocycles. The number of carbonyl (C=O) groups excluding carboxylic acids is 2. The van der Waals surface area contributed by atoms with Crippen LogP contribution in [0.2, 0.25) is 5.02 Å². The average Bonchev–Trinajstić information content (AvgIpc) is 3.22. The molecule has 6 nitrogen and oxygen atoms in total. The molecule has 8 heteroatoms. The van der Waals surface area contributed by atoms with Gasteiger partial charge in [0.1, 0.15) is 0 Å². The number of esters is 2. The fourth-order valence-electron chi connectivity index (χ4n) is 4.05. The van der Waals surface area contributed by atoms with Gasteiger partial charge in [-0.25, -0.2) is 9.59 Å². The van der Waals surface area contributed by atoms with E-state index < -0.39 is 11.9 Å². The molecule has 1 N–H and O–H groups in total. The summed E-state index contributed by atoms with van der Waals surface area (Å²) in [7, 11) is 2.55. The van der Waals surface area contributed by atoms with Gasteiger partial charge in [-0.3, -0.25) is 0 Å². The predicted octanol–water partition coefficient (Wildman–Crippen LogP) is 5.49. The number of rotatable bonds is 6. The Morgan fingerprint density at radius 2 is 1.69 bits per heavy atom. The molecule has 0 bridgehead atoms. The molecule has 1 atom stereocenters. The van der Waals surface area contributed by atoms with Crippen molar-refractivity contribution in [1.29, 1.82) is 0 Å². The first-order valence-electron chi connectivity index (χ1n) is 11.3. The average molecular weight is 524 g/mol. The number of halogens is 1. The van der Waals surface area contributed by atoms with Crippen LogP contribution in [0.3, 0.4) is 0 Å². The number of fused-ring (bicyclic) bond motifs is 1. The highest BCUT2D eigenvalue weighted by Crippen LogP contribution is 2.37. The lowest BCUT2D eigenvalue weighted by Gasteiger charge is -2.29. The van der Waals surface area contributed by atoms with Crippen LogP contribution in [-0.2, 0) is 32.2 Å². The zero-order valence-electron chi connectivity index (χ0n) is 20.2. The first-order chi connectivity index (χ1) is 17.4. The van der Waals surface area contributed by atoms with E-state index in [1.807, 2.05) is 66.4 Å². The van der Waals surface area contributed by atoms with Crippen molar-refractivity contribution in [2.45, 2.75) is 26.1 Å². The van der Waals surface area contributed by atoms with Gasteiger partial charge >= 0.3 is 11.9 Å². The first kappa shape index (κ1) is 25.7. The van der Waals surface area contributed by atoms with Gasteiger partial charge < -0.3 is 19.5 Å². The summed E-state index contributed by atoms with van der Waals surface area (Å²) in [4.78, 5) is 28.6. The SMILES string of the molecule is COC(=O)C1=CC(c2ccc(CO)cc2)=CC(C)N(Cc2sc3ccccc3c2Cl)C=C1C(=O)OC. The van der Waals surface area contributed by atoms with Gasteiger partial charge in [0.15, 0.2) is 0 Å². The van der Waals surface area contributed by atoms with Gasteiger partial charge in [0, 0.05) is 27.2 Å². The van der Waals surface area contributed by atoms with Crippen molar-refractivity contribution in [1.82, 2.24) is 4.90 Å². The van der Waals surface area contributed by atoms with Crippen LogP contribution >= 0.6 is 22.9 Å². The minimum Gasteiger partial charge on any atom is -0.465 e. The monoisotopic (exact) mass is 523 g/mol. The first-order valence-corrected chi connectivity index (χ1v) is 12.5. The van der Waals surface area contributed by atoms with E-state index >= 15 is 0 Å². The van der Waals surface area contributed by atoms with Crippen LogP contribution < -0.4 is 0 Å². The summed E-state index contributed by atoms with van der Waals surface area (Å²) in [5.41, 5.74) is 2.50. The number of carbonyl (C=O) groups is 2. The zero-order chi connectivity index (χ0) is 25.8. The Labute approximate surface area is 218 Å². The summed E-state index contributed by atoms with van der Waals surface area (Å²) in [5, 5.41) is 11.1. The molecule has 0 spiro atoms. The van der Waals surface area contributed by atoms with Crippen LogP contribution in [0.5, 0.6) is 0 Å². The van der Waals surface area contributed by atoms with Crippen molar-refractivity contribution in [3.05, 3.63) is 99.1 Å². The number of benzene rings is 2. The Hall–Kier alpha value is -3.39. The van der Waals surface area contributed by atoms with Crippen LogP contribution in [0.4, 0.5) is 0 Å². The molecule has 36 heavy (non-hydrogen) atoms. The summed E-state index contributed by atoms with van der Waals surface area (Å²) < 4.78 is 11.1. The molecule has 1 aliphatic heterocycles. The third-order valence-corrected chi connectivity index (χ3v) is 7.74. The Morgan fingerprint density at radius 1 is 1.03 bits per heavy atom. The van der Waals surface area contributed by atoms with E-state index in [4.69, 9.17) is 21.1 Å². The maximum atomic E-state index is 12.9. The van der Waals surface area contributed by atoms with Crippen LogP contribution in [-0.4, -0.2) is 42.2 Å². The second kappa shape index (κ2) is 11.1. The van der Waals surface area contributed by atoms with E-state index in [0.29, 0.717) is 11.6 Å². The molecule has 1 aromatic heterocycles. The molecule has 0 saturated heterocycles. The number of hydrogen-bond donors (Lipinski definition) is 1. The topological polar surface area (TPSA) is 76.1 Å². The van der Waals surface area contributed by atoms with Gasteiger partial charge in [0.25, 0.3) is 0 Å². The summed E-state index contributed by atoms with van der Waals surface area (Å²) in [6.45, 7) is 2.35. The molecule has 2 heterocycles. The molecule has 0 amide bonds. The highest BCUT2D eigenvalue weighted by atomic mass is 35.5. The van der Waals surface area contributed by atoms with Crippen LogP contribution in [0.1, 0.15) is 22.9 Å². The van der Waals surface area contributed by atoms with E-state index in [2.05, 4.69) is 0 Å². The van der Waals surface area contributed by atoms with E-state index in [1.54, 1.807) is 23.6 Å². The van der Waals surface area contributed by atoms with Crippen molar-refractivity contribution >= 4 is 50.5 Å². The molecule has 1 aliphatic rings. The van der Waals surface area contributed by atoms with E-state index in [0.717, 1.165) is 31.7 Å². The van der Waals surface area contributed by atoms with E-state index in [9.17, 15) is 14.7 Å². The normalized spacial score (nSPS) is 16.0. The van der Waals surface area contributed by atoms with Gasteiger partial charge in [-0.05, 0) is 35.8 Å². The van der Waals surface area contributed by atoms with Gasteiger partial charge in [-0.1, -0.05) is 60.1 Å². The third-order valence-electron chi connectivity index (χ3n) is 6.04. The molecular weight excluding hydrogens is 498 g/mol. The minimum atomic E-state index is -0.654. The number of aliphatic hydroxyl groups excluding tert-OH is 1. The van der Waals surface area contributed by atoms with Gasteiger partial charge in [-0.2, -0.15) is 0 Å². The molecule has 0 fully saturated rings. The second-order valence-electron chi connectivity index (χ2n) is 8.31. The highest BCUT2D eigenvalue weighted by molar-refractivity contribution is 7.19. The van der Waals surface area contributed by atoms with Gasteiger partial charge in [0.2, 0.25) is 0 Å². The molecular formula is C28H26ClNO5S. The summed E-state index contributed by atoms with van der Waals surface area (Å²) in [6, 6.07) is 15.1. The largest absolute Gasteiger partial charge is 0.465 e. The second-order valence-corrected chi connectivity index (χ2v) is 9.82. The smallest absolute Gasteiger partial charge is 0.340 e. The molecule has 1 unspecified atom stereocenters. The van der Waals surface area contributed by atoms with Crippen LogP contribution in [0.25, 0.3) is 15.7 Å². The van der Waals surface area contributed by atoms with Crippen LogP contribution in [0.15, 0.2) is 78.0 Å². The fraction of sp³-hybridized carbons (Fsp3) is 0.214. The fourth-order valence-corrected chi connectivity index (χ4v) is 5.55. The van der Waals surface area contributed by atoms with Crippen molar-refractivity contribution in [3.8, 4) is 0 Å². The van der Waals surface area contributed by atoms with Crippen molar-refractivity contribution < 1.29 is 24.2 Å². The highest BCUT2D eigenvalue weighted by Gasteiger charge is 2.27. The third kappa shape index (κ3) is 5.23. The number of nitrogens with zero attached hydrogens (tertiary/aromatic N) is 1. The molecule has 0 saturated carbocycles. The molecule has 4 rings (SSSR count). The van der Waals surface area contributed by atoms with Crippen molar-refractivity contribution in [2.75, 3.05) is 14.2 Å². The number of hydrogen-bond acceptors (Lipinski definition) is 7. The Morgan fingerprint density at radius 3 is 2.33 bits per heavy atom. The quantitative estimate of drug-likeness (QED) is 0.430. The number of aliphatic hydroxyl groups is 1. The van der Waals surface area contributed by atoms with Crippen molar-refractivity contribution in [2.24, 2.45) is 0 Å². The Bertz CT molecular complexity index is 1390. The van der Waals surface area contributed by atoms with Crippen molar-refractivity contribution in [3.63, 3.8) is 0 Å². The molecule has 0 radical (unpaired) electrons. The van der Waals surface area contributed by atoms with E-state index in [-0.39, 0.29) is 23.8 Å². The van der Waals surface area contributed by atoms with Gasteiger partial charge in [0.05, 0.1) is 43.5 Å². The summed E-state index contributed by atoms with van der Waals surface area (Å²) in [5.74, 6) is -1.30. The van der Waals surface area contributed by atoms with Gasteiger partial charge in [-0.15, -0.1) is 11.3 Å². The maximum absolute atomic E-state index is 12.9. The lowest BCUT2D eigenvalue weighted by Crippen LogP contribution is -2.29. The predicted molar refractivity (Wildman–Crippen MR) is 142 cm³/mol. The number of allylic oxidation sites excluding steroid dienone is 2. The lowest BCUT2D eigenvalue weighted by molar-refractivity contribution is -0.139. The zero-order valence-corrected chi connectivity index (χ0v) is 21.7. The molecule has 2 aromatic carbocycles. The summed E-state index contributed by atoms with van der Waals surface area (Å²) >= 11 is 8.32. The maximum Gasteiger partial charge on any atom is 0.340 e. The minimum absolute atomic E-state index is 0.0715. The standard InChI is InChI=1S/C28H26ClNO5S/c1-17-12-20(19-10-8-18(16-31)9-11-19)13-22(27(32)34-2)23(28(33)35-3)14-30(17)15-25-26(29)21-6-4-5-7-24(21)36-25/h4-14,17,31H,15-16H2,1-3H3. The Balaban J connectivity index is 1.86. The number of thiophene rings is 1. The Kier molecular flexibility index (Phi) is 7.94. The summed E-state index contributed by atoms with van der Waals surface area (Å²) in [6.07, 6.45) is 5.30. The number of methoxy groups -OCH3 is 2. The number of ether oxygens (including phenoxy) is 2. The lowest BCUT2D eigenvalue weighted by atomic mass is 9.95. The molecule has 3 aromatic rings.